The number of benzene rings is 2. The molecule has 0 radical (unpaired) electrons. The lowest BCUT2D eigenvalue weighted by atomic mass is 9.96. The highest BCUT2D eigenvalue weighted by atomic mass is 16.2. The van der Waals surface area contributed by atoms with Gasteiger partial charge in [-0.05, 0) is 51.0 Å². The molecule has 0 saturated carbocycles. The number of hydrogen-bond acceptors (Lipinski definition) is 3. The van der Waals surface area contributed by atoms with Crippen molar-refractivity contribution >= 4 is 28.7 Å². The second kappa shape index (κ2) is 8.57. The zero-order valence-electron chi connectivity index (χ0n) is 17.3. The third-order valence-electron chi connectivity index (χ3n) is 5.33. The summed E-state index contributed by atoms with van der Waals surface area (Å²) in [6, 6.07) is 14.8. The van der Waals surface area contributed by atoms with Crippen molar-refractivity contribution in [2.45, 2.75) is 38.6 Å². The Morgan fingerprint density at radius 2 is 1.90 bits per heavy atom. The number of carbonyl (C=O) groups excluding carboxylic acids is 2. The van der Waals surface area contributed by atoms with Crippen LogP contribution in [0.3, 0.4) is 0 Å². The number of amides is 3. The van der Waals surface area contributed by atoms with Crippen molar-refractivity contribution in [2.75, 3.05) is 18.4 Å². The van der Waals surface area contributed by atoms with Crippen LogP contribution in [0.1, 0.15) is 48.8 Å². The number of rotatable bonds is 4. The molecule has 1 aromatic heterocycles. The summed E-state index contributed by atoms with van der Waals surface area (Å²) in [7, 11) is 0. The van der Waals surface area contributed by atoms with Gasteiger partial charge in [0.2, 0.25) is 0 Å². The van der Waals surface area contributed by atoms with Crippen LogP contribution in [0.5, 0.6) is 0 Å². The second-order valence-electron chi connectivity index (χ2n) is 8.03. The standard InChI is InChI=1S/C23H27N5O2/c1-15(2)24-23(30)27-18-10-4-3-9-17(18)22(29)28-13-7-8-16(14-28)21-25-19-11-5-6-12-20(19)26-21/h3-6,9-12,15-16H,7-8,13-14H2,1-2H3,(H,25,26)(H2,24,27,30). The summed E-state index contributed by atoms with van der Waals surface area (Å²) in [4.78, 5) is 35.4. The molecule has 0 bridgehead atoms. The molecule has 1 aliphatic heterocycles. The Kier molecular flexibility index (Phi) is 5.70. The number of aromatic amines is 1. The van der Waals surface area contributed by atoms with E-state index in [1.807, 2.05) is 55.1 Å². The van der Waals surface area contributed by atoms with Gasteiger partial charge < -0.3 is 20.5 Å². The van der Waals surface area contributed by atoms with Gasteiger partial charge in [-0.3, -0.25) is 4.79 Å². The number of nitrogens with one attached hydrogen (secondary N) is 3. The van der Waals surface area contributed by atoms with Gasteiger partial charge >= 0.3 is 6.03 Å². The van der Waals surface area contributed by atoms with E-state index in [-0.39, 0.29) is 23.9 Å². The van der Waals surface area contributed by atoms with Gasteiger partial charge in [0.25, 0.3) is 5.91 Å². The van der Waals surface area contributed by atoms with Crippen molar-refractivity contribution in [3.8, 4) is 0 Å². The van der Waals surface area contributed by atoms with E-state index in [9.17, 15) is 9.59 Å². The predicted octanol–water partition coefficient (Wildman–Crippen LogP) is 4.11. The van der Waals surface area contributed by atoms with Crippen LogP contribution in [0.15, 0.2) is 48.5 Å². The molecule has 1 saturated heterocycles. The minimum atomic E-state index is -0.316. The Morgan fingerprint density at radius 1 is 1.13 bits per heavy atom. The van der Waals surface area contributed by atoms with Gasteiger partial charge in [0.1, 0.15) is 5.82 Å². The summed E-state index contributed by atoms with van der Waals surface area (Å²) < 4.78 is 0. The maximum absolute atomic E-state index is 13.3. The highest BCUT2D eigenvalue weighted by Gasteiger charge is 2.28. The first-order chi connectivity index (χ1) is 14.5. The smallest absolute Gasteiger partial charge is 0.319 e. The zero-order chi connectivity index (χ0) is 21.1. The van der Waals surface area contributed by atoms with Crippen molar-refractivity contribution in [1.29, 1.82) is 0 Å². The van der Waals surface area contributed by atoms with Crippen LogP contribution in [-0.4, -0.2) is 45.9 Å². The highest BCUT2D eigenvalue weighted by Crippen LogP contribution is 2.28. The van der Waals surface area contributed by atoms with E-state index >= 15 is 0 Å². The average Bonchev–Trinajstić information content (AvgIpc) is 3.17. The van der Waals surface area contributed by atoms with Gasteiger partial charge in [-0.1, -0.05) is 24.3 Å². The number of H-pyrrole nitrogens is 1. The molecule has 2 heterocycles. The van der Waals surface area contributed by atoms with Crippen LogP contribution < -0.4 is 10.6 Å². The lowest BCUT2D eigenvalue weighted by Gasteiger charge is -2.32. The summed E-state index contributed by atoms with van der Waals surface area (Å²) in [5.41, 5.74) is 2.98. The number of anilines is 1. The molecule has 3 amide bonds. The van der Waals surface area contributed by atoms with E-state index in [2.05, 4.69) is 15.6 Å². The summed E-state index contributed by atoms with van der Waals surface area (Å²) in [5.74, 6) is 1.02. The maximum Gasteiger partial charge on any atom is 0.319 e. The fourth-order valence-electron chi connectivity index (χ4n) is 3.92. The van der Waals surface area contributed by atoms with Crippen molar-refractivity contribution < 1.29 is 9.59 Å². The van der Waals surface area contributed by atoms with Crippen LogP contribution in [-0.2, 0) is 0 Å². The maximum atomic E-state index is 13.3. The molecule has 2 aromatic carbocycles. The number of para-hydroxylation sites is 3. The van der Waals surface area contributed by atoms with Crippen LogP contribution in [0.2, 0.25) is 0 Å². The lowest BCUT2D eigenvalue weighted by Crippen LogP contribution is -2.40. The van der Waals surface area contributed by atoms with Crippen molar-refractivity contribution in [3.05, 3.63) is 59.9 Å². The largest absolute Gasteiger partial charge is 0.342 e. The van der Waals surface area contributed by atoms with E-state index < -0.39 is 0 Å². The summed E-state index contributed by atoms with van der Waals surface area (Å²) in [6.07, 6.45) is 1.90. The summed E-state index contributed by atoms with van der Waals surface area (Å²) >= 11 is 0. The highest BCUT2D eigenvalue weighted by molar-refractivity contribution is 6.03. The van der Waals surface area contributed by atoms with Gasteiger partial charge in [0.15, 0.2) is 0 Å². The second-order valence-corrected chi connectivity index (χ2v) is 8.03. The molecule has 0 spiro atoms. The third-order valence-corrected chi connectivity index (χ3v) is 5.33. The van der Waals surface area contributed by atoms with Crippen LogP contribution in [0, 0.1) is 0 Å². The molecule has 0 aliphatic carbocycles. The number of nitrogens with zero attached hydrogens (tertiary/aromatic N) is 2. The molecule has 1 unspecified atom stereocenters. The van der Waals surface area contributed by atoms with E-state index in [1.165, 1.54) is 0 Å². The van der Waals surface area contributed by atoms with E-state index in [4.69, 9.17) is 4.98 Å². The Balaban J connectivity index is 1.51. The van der Waals surface area contributed by atoms with Gasteiger partial charge in [0.05, 0.1) is 22.3 Å². The Hall–Kier alpha value is -3.35. The minimum absolute atomic E-state index is 0.0134. The first-order valence-electron chi connectivity index (χ1n) is 10.4. The Labute approximate surface area is 175 Å². The number of urea groups is 1. The monoisotopic (exact) mass is 405 g/mol. The van der Waals surface area contributed by atoms with Crippen molar-refractivity contribution in [1.82, 2.24) is 20.2 Å². The van der Waals surface area contributed by atoms with Gasteiger partial charge in [0, 0.05) is 25.0 Å². The van der Waals surface area contributed by atoms with Crippen LogP contribution in [0.25, 0.3) is 11.0 Å². The first-order valence-corrected chi connectivity index (χ1v) is 10.4. The number of fused-ring (bicyclic) bond motifs is 1. The zero-order valence-corrected chi connectivity index (χ0v) is 17.3. The van der Waals surface area contributed by atoms with Gasteiger partial charge in [-0.2, -0.15) is 0 Å². The van der Waals surface area contributed by atoms with Crippen LogP contribution in [0.4, 0.5) is 10.5 Å². The molecule has 3 N–H and O–H groups in total. The molecule has 1 atom stereocenters. The SMILES string of the molecule is CC(C)NC(=O)Nc1ccccc1C(=O)N1CCCC(c2nc3ccccc3[nH]2)C1. The number of aromatic nitrogens is 2. The normalized spacial score (nSPS) is 16.6. The quantitative estimate of drug-likeness (QED) is 0.610. The Bertz CT molecular complexity index is 1030. The Morgan fingerprint density at radius 3 is 2.70 bits per heavy atom. The minimum Gasteiger partial charge on any atom is -0.342 e. The lowest BCUT2D eigenvalue weighted by molar-refractivity contribution is 0.0706. The fraction of sp³-hybridized carbons (Fsp3) is 0.348. The molecule has 7 nitrogen and oxygen atoms in total. The predicted molar refractivity (Wildman–Crippen MR) is 118 cm³/mol. The topological polar surface area (TPSA) is 90.1 Å². The summed E-state index contributed by atoms with van der Waals surface area (Å²) in [5, 5.41) is 5.60. The molecular formula is C23H27N5O2. The molecule has 1 aliphatic rings. The number of imidazole rings is 1. The van der Waals surface area contributed by atoms with Crippen molar-refractivity contribution in [3.63, 3.8) is 0 Å². The molecule has 30 heavy (non-hydrogen) atoms. The molecular weight excluding hydrogens is 378 g/mol. The van der Waals surface area contributed by atoms with E-state index in [1.54, 1.807) is 12.1 Å². The number of carbonyl (C=O) groups is 2. The number of hydrogen-bond donors (Lipinski definition) is 3. The molecule has 3 aromatic rings. The van der Waals surface area contributed by atoms with Gasteiger partial charge in [-0.15, -0.1) is 0 Å². The van der Waals surface area contributed by atoms with E-state index in [0.29, 0.717) is 24.3 Å². The van der Waals surface area contributed by atoms with Gasteiger partial charge in [-0.25, -0.2) is 9.78 Å². The van der Waals surface area contributed by atoms with Crippen molar-refractivity contribution in [2.24, 2.45) is 0 Å². The average molecular weight is 406 g/mol. The number of likely N-dealkylation sites (tertiary alicyclic amines) is 1. The third kappa shape index (κ3) is 4.30. The molecule has 7 heteroatoms. The summed E-state index contributed by atoms with van der Waals surface area (Å²) in [6.45, 7) is 5.08. The molecule has 156 valence electrons. The number of piperidine rings is 1. The molecule has 1 fully saturated rings. The fourth-order valence-corrected chi connectivity index (χ4v) is 3.92. The van der Waals surface area contributed by atoms with E-state index in [0.717, 1.165) is 29.7 Å². The van der Waals surface area contributed by atoms with Crippen LogP contribution >= 0.6 is 0 Å². The first kappa shape index (κ1) is 19.9. The molecule has 4 rings (SSSR count).